The number of benzene rings is 2. The molecule has 5 N–H and O–H groups in total. The molecule has 0 aliphatic rings. The SMILES string of the molecule is O=C(O)N[C@@H](Cc1ccccc1)C(=O)NCCCCCC(=O)Nc1ccc(CO)cc1. The van der Waals surface area contributed by atoms with Crippen molar-refractivity contribution in [3.05, 3.63) is 65.7 Å². The molecule has 0 heterocycles. The number of aliphatic hydroxyl groups excluding tert-OH is 1. The van der Waals surface area contributed by atoms with E-state index >= 15 is 0 Å². The zero-order chi connectivity index (χ0) is 22.5. The van der Waals surface area contributed by atoms with Crippen LogP contribution in [0, 0.1) is 0 Å². The fourth-order valence-corrected chi connectivity index (χ4v) is 3.05. The number of carboxylic acid groups (broad SMARTS) is 1. The lowest BCUT2D eigenvalue weighted by molar-refractivity contribution is -0.123. The van der Waals surface area contributed by atoms with Crippen LogP contribution in [-0.4, -0.2) is 40.7 Å². The number of unbranched alkanes of at least 4 members (excludes halogenated alkanes) is 2. The Labute approximate surface area is 181 Å². The topological polar surface area (TPSA) is 128 Å². The molecule has 0 fully saturated rings. The van der Waals surface area contributed by atoms with E-state index in [-0.39, 0.29) is 24.8 Å². The van der Waals surface area contributed by atoms with E-state index in [0.29, 0.717) is 31.5 Å². The van der Waals surface area contributed by atoms with Crippen molar-refractivity contribution in [1.29, 1.82) is 0 Å². The number of carbonyl (C=O) groups excluding carboxylic acids is 2. The van der Waals surface area contributed by atoms with Crippen LogP contribution in [0.15, 0.2) is 54.6 Å². The molecule has 0 aliphatic heterocycles. The number of hydrogen-bond acceptors (Lipinski definition) is 4. The number of rotatable bonds is 12. The molecular formula is C23H29N3O5. The maximum absolute atomic E-state index is 12.4. The molecule has 0 saturated heterocycles. The quantitative estimate of drug-likeness (QED) is 0.333. The summed E-state index contributed by atoms with van der Waals surface area (Å²) in [4.78, 5) is 35.3. The van der Waals surface area contributed by atoms with Crippen LogP contribution in [0.5, 0.6) is 0 Å². The van der Waals surface area contributed by atoms with Crippen molar-refractivity contribution >= 4 is 23.6 Å². The van der Waals surface area contributed by atoms with E-state index in [2.05, 4.69) is 16.0 Å². The maximum atomic E-state index is 12.4. The van der Waals surface area contributed by atoms with Gasteiger partial charge in [0.2, 0.25) is 11.8 Å². The molecule has 8 nitrogen and oxygen atoms in total. The Bertz CT molecular complexity index is 840. The van der Waals surface area contributed by atoms with Crippen molar-refractivity contribution in [2.75, 3.05) is 11.9 Å². The lowest BCUT2D eigenvalue weighted by Gasteiger charge is -2.17. The standard InChI is InChI=1S/C23H29N3O5/c27-16-18-10-12-19(13-11-18)25-21(28)9-5-2-6-14-24-22(29)20(26-23(30)31)15-17-7-3-1-4-8-17/h1,3-4,7-8,10-13,20,26-27H,2,5-6,9,14-16H2,(H,24,29)(H,25,28)(H,30,31)/t20-/m0/s1. The molecule has 2 aromatic rings. The minimum absolute atomic E-state index is 0.0376. The first-order valence-corrected chi connectivity index (χ1v) is 10.3. The molecule has 0 aliphatic carbocycles. The highest BCUT2D eigenvalue weighted by Gasteiger charge is 2.20. The minimum Gasteiger partial charge on any atom is -0.465 e. The molecule has 31 heavy (non-hydrogen) atoms. The van der Waals surface area contributed by atoms with Gasteiger partial charge in [0, 0.05) is 25.1 Å². The third kappa shape index (κ3) is 9.31. The Morgan fingerprint density at radius 2 is 1.58 bits per heavy atom. The fraction of sp³-hybridized carbons (Fsp3) is 0.348. The Morgan fingerprint density at radius 1 is 0.871 bits per heavy atom. The minimum atomic E-state index is -1.24. The van der Waals surface area contributed by atoms with Crippen LogP contribution < -0.4 is 16.0 Å². The van der Waals surface area contributed by atoms with Crippen LogP contribution in [0.25, 0.3) is 0 Å². The molecule has 1 atom stereocenters. The number of amides is 3. The van der Waals surface area contributed by atoms with E-state index in [0.717, 1.165) is 17.5 Å². The summed E-state index contributed by atoms with van der Waals surface area (Å²) in [5.74, 6) is -0.454. The highest BCUT2D eigenvalue weighted by molar-refractivity contribution is 5.90. The van der Waals surface area contributed by atoms with Crippen LogP contribution in [0.3, 0.4) is 0 Å². The van der Waals surface area contributed by atoms with Crippen molar-refractivity contribution in [3.63, 3.8) is 0 Å². The summed E-state index contributed by atoms with van der Waals surface area (Å²) in [6.07, 6.45) is 1.53. The third-order valence-electron chi connectivity index (χ3n) is 4.70. The number of aliphatic hydroxyl groups is 1. The molecule has 2 aromatic carbocycles. The van der Waals surface area contributed by atoms with Crippen molar-refractivity contribution in [2.24, 2.45) is 0 Å². The van der Waals surface area contributed by atoms with Gasteiger partial charge in [-0.05, 0) is 36.1 Å². The molecule has 0 radical (unpaired) electrons. The second-order valence-corrected chi connectivity index (χ2v) is 7.20. The summed E-state index contributed by atoms with van der Waals surface area (Å²) in [6.45, 7) is 0.375. The summed E-state index contributed by atoms with van der Waals surface area (Å²) in [7, 11) is 0. The molecule has 0 saturated carbocycles. The van der Waals surface area contributed by atoms with Gasteiger partial charge in [-0.2, -0.15) is 0 Å². The van der Waals surface area contributed by atoms with Gasteiger partial charge in [0.25, 0.3) is 0 Å². The van der Waals surface area contributed by atoms with E-state index < -0.39 is 12.1 Å². The van der Waals surface area contributed by atoms with Gasteiger partial charge >= 0.3 is 6.09 Å². The van der Waals surface area contributed by atoms with E-state index in [4.69, 9.17) is 10.2 Å². The van der Waals surface area contributed by atoms with Crippen LogP contribution in [0.1, 0.15) is 36.8 Å². The Kier molecular flexibility index (Phi) is 10.0. The molecule has 0 unspecified atom stereocenters. The Morgan fingerprint density at radius 3 is 2.23 bits per heavy atom. The van der Waals surface area contributed by atoms with Crippen molar-refractivity contribution < 1.29 is 24.6 Å². The summed E-state index contributed by atoms with van der Waals surface area (Å²) in [6, 6.07) is 15.4. The van der Waals surface area contributed by atoms with Gasteiger partial charge in [-0.15, -0.1) is 0 Å². The van der Waals surface area contributed by atoms with Gasteiger partial charge < -0.3 is 26.2 Å². The van der Waals surface area contributed by atoms with Gasteiger partial charge in [0.1, 0.15) is 6.04 Å². The predicted molar refractivity (Wildman–Crippen MR) is 118 cm³/mol. The number of nitrogens with one attached hydrogen (secondary N) is 3. The van der Waals surface area contributed by atoms with Gasteiger partial charge in [0.15, 0.2) is 0 Å². The maximum Gasteiger partial charge on any atom is 0.405 e. The normalized spacial score (nSPS) is 11.4. The van der Waals surface area contributed by atoms with E-state index in [9.17, 15) is 14.4 Å². The van der Waals surface area contributed by atoms with Crippen LogP contribution >= 0.6 is 0 Å². The van der Waals surface area contributed by atoms with Crippen molar-refractivity contribution in [1.82, 2.24) is 10.6 Å². The van der Waals surface area contributed by atoms with Gasteiger partial charge in [0.05, 0.1) is 6.61 Å². The third-order valence-corrected chi connectivity index (χ3v) is 4.70. The van der Waals surface area contributed by atoms with Crippen molar-refractivity contribution in [3.8, 4) is 0 Å². The van der Waals surface area contributed by atoms with Crippen molar-refractivity contribution in [2.45, 2.75) is 44.8 Å². The molecular weight excluding hydrogens is 398 g/mol. The molecule has 8 heteroatoms. The second-order valence-electron chi connectivity index (χ2n) is 7.20. The fourth-order valence-electron chi connectivity index (χ4n) is 3.05. The number of hydrogen-bond donors (Lipinski definition) is 5. The first-order chi connectivity index (χ1) is 15.0. The predicted octanol–water partition coefficient (Wildman–Crippen LogP) is 2.67. The zero-order valence-corrected chi connectivity index (χ0v) is 17.3. The van der Waals surface area contributed by atoms with Gasteiger partial charge in [-0.3, -0.25) is 9.59 Å². The van der Waals surface area contributed by atoms with Gasteiger partial charge in [-0.25, -0.2) is 4.79 Å². The van der Waals surface area contributed by atoms with Crippen LogP contribution in [0.2, 0.25) is 0 Å². The number of anilines is 1. The van der Waals surface area contributed by atoms with Gasteiger partial charge in [-0.1, -0.05) is 48.9 Å². The monoisotopic (exact) mass is 427 g/mol. The number of carbonyl (C=O) groups is 3. The smallest absolute Gasteiger partial charge is 0.405 e. The summed E-state index contributed by atoms with van der Waals surface area (Å²) < 4.78 is 0. The van der Waals surface area contributed by atoms with E-state index in [1.807, 2.05) is 30.3 Å². The average Bonchev–Trinajstić information content (AvgIpc) is 2.76. The molecule has 3 amide bonds. The lowest BCUT2D eigenvalue weighted by atomic mass is 10.1. The molecule has 2 rings (SSSR count). The summed E-state index contributed by atoms with van der Waals surface area (Å²) in [5, 5.41) is 25.8. The highest BCUT2D eigenvalue weighted by atomic mass is 16.4. The lowest BCUT2D eigenvalue weighted by Crippen LogP contribution is -2.47. The Balaban J connectivity index is 1.64. The van der Waals surface area contributed by atoms with Crippen LogP contribution in [-0.2, 0) is 22.6 Å². The molecule has 166 valence electrons. The first-order valence-electron chi connectivity index (χ1n) is 10.3. The largest absolute Gasteiger partial charge is 0.465 e. The highest BCUT2D eigenvalue weighted by Crippen LogP contribution is 2.11. The Hall–Kier alpha value is -3.39. The molecule has 0 spiro atoms. The average molecular weight is 428 g/mol. The van der Waals surface area contributed by atoms with E-state index in [1.165, 1.54) is 0 Å². The summed E-state index contributed by atoms with van der Waals surface area (Å²) in [5.41, 5.74) is 2.34. The van der Waals surface area contributed by atoms with Crippen LogP contribution in [0.4, 0.5) is 10.5 Å². The first kappa shape index (κ1) is 23.9. The summed E-state index contributed by atoms with van der Waals surface area (Å²) >= 11 is 0. The molecule has 0 bridgehead atoms. The van der Waals surface area contributed by atoms with E-state index in [1.54, 1.807) is 24.3 Å². The molecule has 0 aromatic heterocycles. The zero-order valence-electron chi connectivity index (χ0n) is 17.3. The second kappa shape index (κ2) is 13.0.